The molecule has 1 aromatic rings. The van der Waals surface area contributed by atoms with E-state index in [-0.39, 0.29) is 16.5 Å². The van der Waals surface area contributed by atoms with Gasteiger partial charge in [-0.15, -0.1) is 0 Å². The average Bonchev–Trinajstić information content (AvgIpc) is 2.15. The number of nitrogens with zero attached hydrogens (tertiary/aromatic N) is 1. The van der Waals surface area contributed by atoms with Gasteiger partial charge in [-0.3, -0.25) is 9.69 Å². The minimum absolute atomic E-state index is 0.0154. The van der Waals surface area contributed by atoms with Crippen molar-refractivity contribution in [2.75, 3.05) is 17.3 Å². The van der Waals surface area contributed by atoms with E-state index in [4.69, 9.17) is 0 Å². The van der Waals surface area contributed by atoms with E-state index in [1.54, 1.807) is 0 Å². The van der Waals surface area contributed by atoms with E-state index in [2.05, 4.69) is 5.32 Å². The number of hydrogen-bond donors (Lipinski definition) is 1. The fourth-order valence-electron chi connectivity index (χ4n) is 1.12. The predicted molar refractivity (Wildman–Crippen MR) is 55.2 cm³/mol. The quantitative estimate of drug-likeness (QED) is 0.795. The maximum Gasteiger partial charge on any atom is 0.484 e. The lowest BCUT2D eigenvalue weighted by Gasteiger charge is -2.22. The summed E-state index contributed by atoms with van der Waals surface area (Å²) in [6, 6.07) is 5.41. The summed E-state index contributed by atoms with van der Waals surface area (Å²) in [6.45, 7) is 1.33. The van der Waals surface area contributed by atoms with Gasteiger partial charge in [-0.25, -0.2) is 0 Å². The van der Waals surface area contributed by atoms with Crippen LogP contribution in [0.15, 0.2) is 24.3 Å². The number of benzene rings is 1. The molecule has 0 heterocycles. The summed E-state index contributed by atoms with van der Waals surface area (Å²) in [6.07, 6.45) is -4.41. The molecule has 0 aliphatic heterocycles. The normalized spacial score (nSPS) is 11.1. The fourth-order valence-corrected chi connectivity index (χ4v) is 1.12. The van der Waals surface area contributed by atoms with Crippen LogP contribution in [-0.4, -0.2) is 19.3 Å². The number of carbonyl (C=O) groups is 1. The molecule has 0 aliphatic carbocycles. The molecule has 6 heteroatoms. The van der Waals surface area contributed by atoms with Crippen LogP contribution in [0.3, 0.4) is 0 Å². The van der Waals surface area contributed by atoms with Crippen molar-refractivity contribution in [2.24, 2.45) is 0 Å². The molecular weight excluding hydrogens is 221 g/mol. The number of anilines is 2. The van der Waals surface area contributed by atoms with Crippen LogP contribution in [0, 0.1) is 0 Å². The van der Waals surface area contributed by atoms with E-state index < -0.39 is 6.30 Å². The Kier molecular flexibility index (Phi) is 3.41. The van der Waals surface area contributed by atoms with Crippen molar-refractivity contribution in [2.45, 2.75) is 13.2 Å². The Labute approximate surface area is 90.9 Å². The first-order valence-corrected chi connectivity index (χ1v) is 4.49. The Bertz CT molecular complexity index is 373. The third-order valence-electron chi connectivity index (χ3n) is 1.96. The number of hydrogen-bond acceptors (Lipinski definition) is 2. The van der Waals surface area contributed by atoms with Gasteiger partial charge in [0.25, 0.3) is 0 Å². The van der Waals surface area contributed by atoms with Crippen molar-refractivity contribution in [3.8, 4) is 0 Å². The molecule has 0 bridgehead atoms. The molecule has 3 nitrogen and oxygen atoms in total. The van der Waals surface area contributed by atoms with Gasteiger partial charge in [0, 0.05) is 25.3 Å². The van der Waals surface area contributed by atoms with E-state index in [1.165, 1.54) is 31.2 Å². The van der Waals surface area contributed by atoms with E-state index in [1.807, 2.05) is 0 Å². The Morgan fingerprint density at radius 2 is 1.75 bits per heavy atom. The summed E-state index contributed by atoms with van der Waals surface area (Å²) in [5.74, 6) is -0.267. The molecular formula is C10H11F3N2O. The molecule has 0 atom stereocenters. The lowest BCUT2D eigenvalue weighted by Crippen LogP contribution is -2.33. The van der Waals surface area contributed by atoms with Crippen LogP contribution in [-0.2, 0) is 4.79 Å². The lowest BCUT2D eigenvalue weighted by molar-refractivity contribution is -0.125. The van der Waals surface area contributed by atoms with Crippen molar-refractivity contribution in [3.63, 3.8) is 0 Å². The van der Waals surface area contributed by atoms with Gasteiger partial charge in [-0.2, -0.15) is 13.2 Å². The van der Waals surface area contributed by atoms with Crippen LogP contribution in [0.4, 0.5) is 24.5 Å². The first kappa shape index (κ1) is 12.4. The fraction of sp³-hybridized carbons (Fsp3) is 0.300. The maximum absolute atomic E-state index is 12.3. The van der Waals surface area contributed by atoms with E-state index in [9.17, 15) is 18.0 Å². The number of carbonyl (C=O) groups excluding carboxylic acids is 1. The summed E-state index contributed by atoms with van der Waals surface area (Å²) in [4.78, 5) is 10.9. The minimum atomic E-state index is -4.41. The molecule has 0 saturated heterocycles. The highest BCUT2D eigenvalue weighted by Crippen LogP contribution is 2.27. The standard InChI is InChI=1S/C10H11F3N2O/c1-7(16)14-8-3-5-9(6-4-8)15(2)10(11,12)13/h3-6H,1-2H3,(H,14,16). The molecule has 0 fully saturated rings. The number of halogens is 3. The highest BCUT2D eigenvalue weighted by atomic mass is 19.4. The summed E-state index contributed by atoms with van der Waals surface area (Å²) < 4.78 is 36.9. The SMILES string of the molecule is CC(=O)Nc1ccc(N(C)C(F)(F)F)cc1. The van der Waals surface area contributed by atoms with Crippen LogP contribution in [0.2, 0.25) is 0 Å². The van der Waals surface area contributed by atoms with Gasteiger partial charge in [0.2, 0.25) is 5.91 Å². The molecule has 1 aromatic carbocycles. The van der Waals surface area contributed by atoms with Crippen molar-refractivity contribution in [1.82, 2.24) is 0 Å². The number of amides is 1. The zero-order chi connectivity index (χ0) is 12.3. The van der Waals surface area contributed by atoms with Crippen molar-refractivity contribution < 1.29 is 18.0 Å². The van der Waals surface area contributed by atoms with Gasteiger partial charge in [-0.1, -0.05) is 0 Å². The highest BCUT2D eigenvalue weighted by molar-refractivity contribution is 5.88. The smallest absolute Gasteiger partial charge is 0.326 e. The third kappa shape index (κ3) is 3.15. The van der Waals surface area contributed by atoms with Gasteiger partial charge in [-0.05, 0) is 24.3 Å². The largest absolute Gasteiger partial charge is 0.484 e. The van der Waals surface area contributed by atoms with Crippen molar-refractivity contribution in [3.05, 3.63) is 24.3 Å². The third-order valence-corrected chi connectivity index (χ3v) is 1.96. The van der Waals surface area contributed by atoms with Gasteiger partial charge in [0.05, 0.1) is 0 Å². The second-order valence-corrected chi connectivity index (χ2v) is 3.25. The van der Waals surface area contributed by atoms with Crippen LogP contribution in [0.5, 0.6) is 0 Å². The lowest BCUT2D eigenvalue weighted by atomic mass is 10.2. The van der Waals surface area contributed by atoms with Gasteiger partial charge in [0.1, 0.15) is 0 Å². The zero-order valence-electron chi connectivity index (χ0n) is 8.80. The highest BCUT2D eigenvalue weighted by Gasteiger charge is 2.34. The molecule has 0 aliphatic rings. The topological polar surface area (TPSA) is 32.3 Å². The Hall–Kier alpha value is -1.72. The second-order valence-electron chi connectivity index (χ2n) is 3.25. The van der Waals surface area contributed by atoms with Crippen LogP contribution >= 0.6 is 0 Å². The predicted octanol–water partition coefficient (Wildman–Crippen LogP) is 2.60. The molecule has 1 amide bonds. The maximum atomic E-state index is 12.3. The zero-order valence-corrected chi connectivity index (χ0v) is 8.80. The molecule has 0 radical (unpaired) electrons. The van der Waals surface area contributed by atoms with Crippen LogP contribution in [0.1, 0.15) is 6.92 Å². The number of alkyl halides is 3. The van der Waals surface area contributed by atoms with Crippen molar-refractivity contribution in [1.29, 1.82) is 0 Å². The summed E-state index contributed by atoms with van der Waals surface area (Å²) in [5, 5.41) is 2.47. The molecule has 0 aromatic heterocycles. The molecule has 0 spiro atoms. The van der Waals surface area contributed by atoms with Crippen molar-refractivity contribution >= 4 is 17.3 Å². The first-order chi connectivity index (χ1) is 7.30. The van der Waals surface area contributed by atoms with Gasteiger partial charge in [0.15, 0.2) is 0 Å². The molecule has 0 unspecified atom stereocenters. The van der Waals surface area contributed by atoms with Gasteiger partial charge < -0.3 is 5.32 Å². The molecule has 16 heavy (non-hydrogen) atoms. The number of nitrogens with one attached hydrogen (secondary N) is 1. The average molecular weight is 232 g/mol. The minimum Gasteiger partial charge on any atom is -0.326 e. The van der Waals surface area contributed by atoms with Crippen LogP contribution < -0.4 is 10.2 Å². The molecule has 1 rings (SSSR count). The molecule has 1 N–H and O–H groups in total. The van der Waals surface area contributed by atoms with E-state index >= 15 is 0 Å². The summed E-state index contributed by atoms with van der Waals surface area (Å²) in [5.41, 5.74) is 0.480. The van der Waals surface area contributed by atoms with Gasteiger partial charge >= 0.3 is 6.30 Å². The monoisotopic (exact) mass is 232 g/mol. The second kappa shape index (κ2) is 4.42. The van der Waals surface area contributed by atoms with E-state index in [0.717, 1.165) is 7.05 Å². The first-order valence-electron chi connectivity index (χ1n) is 4.49. The molecule has 0 saturated carbocycles. The van der Waals surface area contributed by atoms with Crippen LogP contribution in [0.25, 0.3) is 0 Å². The number of rotatable bonds is 2. The Balaban J connectivity index is 2.83. The Morgan fingerprint density at radius 1 is 1.25 bits per heavy atom. The molecule has 88 valence electrons. The summed E-state index contributed by atoms with van der Waals surface area (Å²) >= 11 is 0. The Morgan fingerprint density at radius 3 is 2.12 bits per heavy atom. The summed E-state index contributed by atoms with van der Waals surface area (Å²) in [7, 11) is 0.938. The van der Waals surface area contributed by atoms with E-state index in [0.29, 0.717) is 5.69 Å².